The molecule has 0 saturated carbocycles. The maximum absolute atomic E-state index is 11.9. The van der Waals surface area contributed by atoms with Crippen LogP contribution in [0.5, 0.6) is 0 Å². The summed E-state index contributed by atoms with van der Waals surface area (Å²) in [5.74, 6) is 1.48. The highest BCUT2D eigenvalue weighted by molar-refractivity contribution is 7.98. The second-order valence-corrected chi connectivity index (χ2v) is 7.33. The van der Waals surface area contributed by atoms with Crippen molar-refractivity contribution >= 4 is 57.6 Å². The fraction of sp³-hybridized carbons (Fsp3) is 0.167. The fourth-order valence-corrected chi connectivity index (χ4v) is 3.98. The van der Waals surface area contributed by atoms with Crippen LogP contribution in [0.15, 0.2) is 48.7 Å². The molecule has 0 bridgehead atoms. The molecule has 0 saturated heterocycles. The Morgan fingerprint density at radius 2 is 1.92 bits per heavy atom. The molecule has 0 atom stereocenters. The third-order valence-electron chi connectivity index (χ3n) is 3.65. The summed E-state index contributed by atoms with van der Waals surface area (Å²) in [5, 5.41) is 8.13. The number of halogens is 2. The number of thioether (sulfide) groups is 1. The van der Waals surface area contributed by atoms with Crippen LogP contribution in [0.4, 0.5) is 10.5 Å². The Balaban J connectivity index is 1.40. The standard InChI is InChI=1S/C18H17Cl2N3OS/c19-15-2-1-3-16(20)14(15)11-25-9-8-22-18(24)23-13-5-4-12-6-7-21-17(12)10-13/h1-7,10,21H,8-9,11H2,(H2,22,23,24). The Morgan fingerprint density at radius 3 is 2.72 bits per heavy atom. The van der Waals surface area contributed by atoms with Gasteiger partial charge in [0.25, 0.3) is 0 Å². The number of nitrogens with one attached hydrogen (secondary N) is 3. The molecule has 0 aliphatic rings. The lowest BCUT2D eigenvalue weighted by Gasteiger charge is -2.09. The summed E-state index contributed by atoms with van der Waals surface area (Å²) in [7, 11) is 0. The molecule has 3 aromatic rings. The average molecular weight is 394 g/mol. The second kappa shape index (κ2) is 8.52. The second-order valence-electron chi connectivity index (χ2n) is 5.41. The molecule has 0 aliphatic carbocycles. The predicted octanol–water partition coefficient (Wildman–Crippen LogP) is 5.53. The first-order valence-corrected chi connectivity index (χ1v) is 9.67. The van der Waals surface area contributed by atoms with Gasteiger partial charge in [-0.15, -0.1) is 0 Å². The summed E-state index contributed by atoms with van der Waals surface area (Å²) in [4.78, 5) is 15.1. The van der Waals surface area contributed by atoms with Crippen LogP contribution >= 0.6 is 35.0 Å². The van der Waals surface area contributed by atoms with E-state index in [2.05, 4.69) is 15.6 Å². The van der Waals surface area contributed by atoms with Gasteiger partial charge in [-0.1, -0.05) is 35.3 Å². The molecule has 3 rings (SSSR count). The molecule has 0 fully saturated rings. The number of anilines is 1. The Hall–Kier alpha value is -1.82. The van der Waals surface area contributed by atoms with E-state index in [0.29, 0.717) is 22.3 Å². The van der Waals surface area contributed by atoms with Crippen LogP contribution in [0.1, 0.15) is 5.56 Å². The number of hydrogen-bond donors (Lipinski definition) is 3. The summed E-state index contributed by atoms with van der Waals surface area (Å²) >= 11 is 13.9. The van der Waals surface area contributed by atoms with Crippen molar-refractivity contribution in [1.82, 2.24) is 10.3 Å². The summed E-state index contributed by atoms with van der Waals surface area (Å²) in [5.41, 5.74) is 2.67. The predicted molar refractivity (Wildman–Crippen MR) is 108 cm³/mol. The van der Waals surface area contributed by atoms with E-state index in [1.54, 1.807) is 11.8 Å². The van der Waals surface area contributed by atoms with Crippen LogP contribution in [-0.2, 0) is 5.75 Å². The van der Waals surface area contributed by atoms with Crippen LogP contribution in [0.2, 0.25) is 10.0 Å². The van der Waals surface area contributed by atoms with Gasteiger partial charge in [-0.05, 0) is 41.3 Å². The molecule has 2 aromatic carbocycles. The number of aromatic amines is 1. The first-order chi connectivity index (χ1) is 12.1. The third-order valence-corrected chi connectivity index (χ3v) is 5.35. The van der Waals surface area contributed by atoms with Gasteiger partial charge in [0.05, 0.1) is 0 Å². The van der Waals surface area contributed by atoms with Gasteiger partial charge in [0.2, 0.25) is 0 Å². The molecule has 0 spiro atoms. The molecule has 130 valence electrons. The molecule has 1 aromatic heterocycles. The van der Waals surface area contributed by atoms with Crippen molar-refractivity contribution in [3.05, 3.63) is 64.3 Å². The van der Waals surface area contributed by atoms with E-state index in [1.165, 1.54) is 0 Å². The summed E-state index contributed by atoms with van der Waals surface area (Å²) in [6, 6.07) is 13.0. The molecule has 7 heteroatoms. The highest BCUT2D eigenvalue weighted by Crippen LogP contribution is 2.28. The largest absolute Gasteiger partial charge is 0.361 e. The van der Waals surface area contributed by atoms with E-state index in [9.17, 15) is 4.79 Å². The van der Waals surface area contributed by atoms with E-state index in [0.717, 1.165) is 27.9 Å². The van der Waals surface area contributed by atoms with Crippen molar-refractivity contribution in [1.29, 1.82) is 0 Å². The number of fused-ring (bicyclic) bond motifs is 1. The minimum Gasteiger partial charge on any atom is -0.361 e. The minimum absolute atomic E-state index is 0.220. The molecule has 3 N–H and O–H groups in total. The highest BCUT2D eigenvalue weighted by atomic mass is 35.5. The van der Waals surface area contributed by atoms with Crippen LogP contribution in [0.3, 0.4) is 0 Å². The SMILES string of the molecule is O=C(NCCSCc1c(Cl)cccc1Cl)Nc1ccc2cc[nH]c2c1. The highest BCUT2D eigenvalue weighted by Gasteiger charge is 2.06. The van der Waals surface area contributed by atoms with Gasteiger partial charge in [-0.25, -0.2) is 4.79 Å². The number of carbonyl (C=O) groups is 1. The summed E-state index contributed by atoms with van der Waals surface area (Å²) in [6.45, 7) is 0.559. The molecule has 25 heavy (non-hydrogen) atoms. The maximum atomic E-state index is 11.9. The van der Waals surface area contributed by atoms with Crippen molar-refractivity contribution < 1.29 is 4.79 Å². The van der Waals surface area contributed by atoms with E-state index in [-0.39, 0.29) is 6.03 Å². The summed E-state index contributed by atoms with van der Waals surface area (Å²) < 4.78 is 0. The minimum atomic E-state index is -0.220. The van der Waals surface area contributed by atoms with Crippen LogP contribution < -0.4 is 10.6 Å². The third kappa shape index (κ3) is 4.84. The fourth-order valence-electron chi connectivity index (χ4n) is 2.38. The van der Waals surface area contributed by atoms with E-state index in [1.807, 2.05) is 48.7 Å². The van der Waals surface area contributed by atoms with Crippen molar-refractivity contribution in [3.8, 4) is 0 Å². The number of aromatic nitrogens is 1. The van der Waals surface area contributed by atoms with E-state index < -0.39 is 0 Å². The monoisotopic (exact) mass is 393 g/mol. The number of H-pyrrole nitrogens is 1. The summed E-state index contributed by atoms with van der Waals surface area (Å²) in [6.07, 6.45) is 1.87. The Bertz CT molecular complexity index is 861. The quantitative estimate of drug-likeness (QED) is 0.482. The number of amides is 2. The van der Waals surface area contributed by atoms with Gasteiger partial charge in [0.15, 0.2) is 0 Å². The van der Waals surface area contributed by atoms with Crippen LogP contribution in [0.25, 0.3) is 10.9 Å². The molecular weight excluding hydrogens is 377 g/mol. The van der Waals surface area contributed by atoms with E-state index >= 15 is 0 Å². The topological polar surface area (TPSA) is 56.9 Å². The first kappa shape index (κ1) is 18.0. The molecule has 0 unspecified atom stereocenters. The van der Waals surface area contributed by atoms with Crippen molar-refractivity contribution in [3.63, 3.8) is 0 Å². The zero-order chi connectivity index (χ0) is 17.6. The zero-order valence-corrected chi connectivity index (χ0v) is 15.6. The Morgan fingerprint density at radius 1 is 1.12 bits per heavy atom. The Labute approximate surface area is 160 Å². The van der Waals surface area contributed by atoms with Crippen LogP contribution in [-0.4, -0.2) is 23.3 Å². The van der Waals surface area contributed by atoms with Gasteiger partial charge >= 0.3 is 6.03 Å². The van der Waals surface area contributed by atoms with Gasteiger partial charge in [0.1, 0.15) is 0 Å². The number of urea groups is 1. The first-order valence-electron chi connectivity index (χ1n) is 7.76. The molecular formula is C18H17Cl2N3OS. The zero-order valence-electron chi connectivity index (χ0n) is 13.3. The van der Waals surface area contributed by atoms with Crippen molar-refractivity contribution in [2.75, 3.05) is 17.6 Å². The molecule has 1 heterocycles. The van der Waals surface area contributed by atoms with Crippen LogP contribution in [0, 0.1) is 0 Å². The smallest absolute Gasteiger partial charge is 0.319 e. The molecule has 0 aliphatic heterocycles. The molecule has 0 radical (unpaired) electrons. The van der Waals surface area contributed by atoms with Gasteiger partial charge in [-0.3, -0.25) is 0 Å². The number of benzene rings is 2. The number of hydrogen-bond acceptors (Lipinski definition) is 2. The lowest BCUT2D eigenvalue weighted by molar-refractivity contribution is 0.252. The van der Waals surface area contributed by atoms with Gasteiger partial charge in [-0.2, -0.15) is 11.8 Å². The van der Waals surface area contributed by atoms with Crippen molar-refractivity contribution in [2.24, 2.45) is 0 Å². The Kier molecular flexibility index (Phi) is 6.13. The van der Waals surface area contributed by atoms with E-state index in [4.69, 9.17) is 23.2 Å². The number of rotatable bonds is 6. The van der Waals surface area contributed by atoms with Crippen molar-refractivity contribution in [2.45, 2.75) is 5.75 Å². The molecule has 2 amide bonds. The lowest BCUT2D eigenvalue weighted by atomic mass is 10.2. The maximum Gasteiger partial charge on any atom is 0.319 e. The normalized spacial score (nSPS) is 10.8. The lowest BCUT2D eigenvalue weighted by Crippen LogP contribution is -2.30. The number of carbonyl (C=O) groups excluding carboxylic acids is 1. The molecule has 4 nitrogen and oxygen atoms in total. The van der Waals surface area contributed by atoms with Gasteiger partial charge < -0.3 is 15.6 Å². The van der Waals surface area contributed by atoms with Gasteiger partial charge in [0, 0.05) is 45.5 Å². The average Bonchev–Trinajstić information content (AvgIpc) is 3.04.